The lowest BCUT2D eigenvalue weighted by Gasteiger charge is -2.05. The Morgan fingerprint density at radius 1 is 1.50 bits per heavy atom. The molecule has 0 fully saturated rings. The molecule has 78 valence electrons. The van der Waals surface area contributed by atoms with E-state index in [0.717, 1.165) is 0 Å². The number of Topliss-reactive ketones (excluding diaryl/α,β-unsaturated/α-hetero) is 1. The van der Waals surface area contributed by atoms with Gasteiger partial charge in [-0.2, -0.15) is 16.6 Å². The molecule has 1 atom stereocenters. The number of thiophene rings is 1. The molecule has 0 radical (unpaired) electrons. The molecule has 2 heterocycles. The quantitative estimate of drug-likeness (QED) is 0.759. The van der Waals surface area contributed by atoms with Crippen LogP contribution in [0, 0.1) is 11.3 Å². The number of ketones is 1. The summed E-state index contributed by atoms with van der Waals surface area (Å²) in [5, 5.41) is 12.6. The van der Waals surface area contributed by atoms with Crippen LogP contribution in [-0.2, 0) is 0 Å². The molecule has 16 heavy (non-hydrogen) atoms. The van der Waals surface area contributed by atoms with Crippen molar-refractivity contribution < 1.29 is 4.79 Å². The maximum atomic E-state index is 12.0. The SMILES string of the molecule is N#CC(C(=O)c1ccsc1)c1cccnc1. The second kappa shape index (κ2) is 4.69. The van der Waals surface area contributed by atoms with Crippen molar-refractivity contribution in [3.63, 3.8) is 0 Å². The Bertz CT molecular complexity index is 514. The van der Waals surface area contributed by atoms with Gasteiger partial charge in [-0.15, -0.1) is 0 Å². The van der Waals surface area contributed by atoms with Crippen LogP contribution in [0.25, 0.3) is 0 Å². The molecule has 0 aromatic carbocycles. The molecule has 4 heteroatoms. The van der Waals surface area contributed by atoms with Crippen LogP contribution in [0.4, 0.5) is 0 Å². The monoisotopic (exact) mass is 228 g/mol. The highest BCUT2D eigenvalue weighted by Crippen LogP contribution is 2.20. The highest BCUT2D eigenvalue weighted by atomic mass is 32.1. The molecule has 0 amide bonds. The van der Waals surface area contributed by atoms with E-state index < -0.39 is 5.92 Å². The highest BCUT2D eigenvalue weighted by molar-refractivity contribution is 7.08. The normalized spacial score (nSPS) is 11.7. The van der Waals surface area contributed by atoms with Crippen LogP contribution in [0.3, 0.4) is 0 Å². The number of rotatable bonds is 3. The smallest absolute Gasteiger partial charge is 0.185 e. The van der Waals surface area contributed by atoms with E-state index in [-0.39, 0.29) is 5.78 Å². The Morgan fingerprint density at radius 3 is 2.94 bits per heavy atom. The van der Waals surface area contributed by atoms with E-state index in [1.54, 1.807) is 36.0 Å². The third-order valence-corrected chi connectivity index (χ3v) is 2.90. The van der Waals surface area contributed by atoms with Crippen LogP contribution in [0.15, 0.2) is 41.4 Å². The first-order chi connectivity index (χ1) is 7.83. The third-order valence-electron chi connectivity index (χ3n) is 2.21. The van der Waals surface area contributed by atoms with Gasteiger partial charge in [0.15, 0.2) is 5.78 Å². The number of carbonyl (C=O) groups is 1. The number of pyridine rings is 1. The predicted octanol–water partition coefficient (Wildman–Crippen LogP) is 2.63. The Morgan fingerprint density at radius 2 is 2.38 bits per heavy atom. The van der Waals surface area contributed by atoms with Crippen molar-refractivity contribution in [3.8, 4) is 6.07 Å². The van der Waals surface area contributed by atoms with Crippen molar-refractivity contribution >= 4 is 17.1 Å². The van der Waals surface area contributed by atoms with Gasteiger partial charge in [-0.05, 0) is 23.1 Å². The number of nitrogens with zero attached hydrogens (tertiary/aromatic N) is 2. The van der Waals surface area contributed by atoms with E-state index in [4.69, 9.17) is 5.26 Å². The Kier molecular flexibility index (Phi) is 3.08. The van der Waals surface area contributed by atoms with Crippen molar-refractivity contribution in [1.29, 1.82) is 5.26 Å². The molecule has 0 saturated heterocycles. The Labute approximate surface area is 97.0 Å². The largest absolute Gasteiger partial charge is 0.292 e. The lowest BCUT2D eigenvalue weighted by atomic mass is 9.94. The summed E-state index contributed by atoms with van der Waals surface area (Å²) >= 11 is 1.45. The fraction of sp³-hybridized carbons (Fsp3) is 0.0833. The molecule has 0 N–H and O–H groups in total. The number of hydrogen-bond acceptors (Lipinski definition) is 4. The van der Waals surface area contributed by atoms with Gasteiger partial charge in [0.25, 0.3) is 0 Å². The number of carbonyl (C=O) groups excluding carboxylic acids is 1. The van der Waals surface area contributed by atoms with E-state index >= 15 is 0 Å². The summed E-state index contributed by atoms with van der Waals surface area (Å²) < 4.78 is 0. The third kappa shape index (κ3) is 2.00. The van der Waals surface area contributed by atoms with Crippen molar-refractivity contribution in [1.82, 2.24) is 4.98 Å². The fourth-order valence-electron chi connectivity index (χ4n) is 1.40. The molecule has 2 aromatic rings. The van der Waals surface area contributed by atoms with Gasteiger partial charge in [0.2, 0.25) is 0 Å². The molecular weight excluding hydrogens is 220 g/mol. The molecule has 2 aromatic heterocycles. The zero-order valence-corrected chi connectivity index (χ0v) is 9.15. The van der Waals surface area contributed by atoms with Crippen LogP contribution in [0.5, 0.6) is 0 Å². The van der Waals surface area contributed by atoms with Crippen LogP contribution in [-0.4, -0.2) is 10.8 Å². The minimum atomic E-state index is -0.761. The lowest BCUT2D eigenvalue weighted by molar-refractivity contribution is 0.0979. The van der Waals surface area contributed by atoms with Crippen LogP contribution in [0.2, 0.25) is 0 Å². The molecule has 0 saturated carbocycles. The second-order valence-corrected chi connectivity index (χ2v) is 4.00. The Hall–Kier alpha value is -1.99. The average molecular weight is 228 g/mol. The molecule has 2 rings (SSSR count). The molecule has 0 aliphatic rings. The number of nitriles is 1. The van der Waals surface area contributed by atoms with Gasteiger partial charge in [-0.25, -0.2) is 0 Å². The minimum absolute atomic E-state index is 0.170. The van der Waals surface area contributed by atoms with E-state index in [1.807, 2.05) is 11.4 Å². The Balaban J connectivity index is 2.32. The van der Waals surface area contributed by atoms with Gasteiger partial charge in [-0.3, -0.25) is 9.78 Å². The summed E-state index contributed by atoms with van der Waals surface area (Å²) in [6.45, 7) is 0. The maximum Gasteiger partial charge on any atom is 0.185 e. The van der Waals surface area contributed by atoms with Gasteiger partial charge in [0.05, 0.1) is 6.07 Å². The summed E-state index contributed by atoms with van der Waals surface area (Å²) in [6, 6.07) is 7.22. The van der Waals surface area contributed by atoms with Crippen molar-refractivity contribution in [2.24, 2.45) is 0 Å². The molecule has 0 aliphatic carbocycles. The fourth-order valence-corrected chi connectivity index (χ4v) is 2.05. The summed E-state index contributed by atoms with van der Waals surface area (Å²) in [5.74, 6) is -0.931. The van der Waals surface area contributed by atoms with Crippen LogP contribution < -0.4 is 0 Å². The summed E-state index contributed by atoms with van der Waals surface area (Å²) in [7, 11) is 0. The summed E-state index contributed by atoms with van der Waals surface area (Å²) in [4.78, 5) is 15.9. The van der Waals surface area contributed by atoms with E-state index in [0.29, 0.717) is 11.1 Å². The topological polar surface area (TPSA) is 53.8 Å². The van der Waals surface area contributed by atoms with Gasteiger partial charge in [-0.1, -0.05) is 6.07 Å². The van der Waals surface area contributed by atoms with Gasteiger partial charge >= 0.3 is 0 Å². The van der Waals surface area contributed by atoms with Gasteiger partial charge in [0, 0.05) is 23.3 Å². The van der Waals surface area contributed by atoms with Crippen molar-refractivity contribution in [2.45, 2.75) is 5.92 Å². The number of hydrogen-bond donors (Lipinski definition) is 0. The molecule has 3 nitrogen and oxygen atoms in total. The number of aromatic nitrogens is 1. The maximum absolute atomic E-state index is 12.0. The lowest BCUT2D eigenvalue weighted by Crippen LogP contribution is -2.10. The predicted molar refractivity (Wildman–Crippen MR) is 61.2 cm³/mol. The van der Waals surface area contributed by atoms with Crippen LogP contribution in [0.1, 0.15) is 21.8 Å². The van der Waals surface area contributed by atoms with Gasteiger partial charge in [0.1, 0.15) is 5.92 Å². The minimum Gasteiger partial charge on any atom is -0.292 e. The molecule has 0 spiro atoms. The zero-order chi connectivity index (χ0) is 11.4. The van der Waals surface area contributed by atoms with Crippen molar-refractivity contribution in [2.75, 3.05) is 0 Å². The summed E-state index contributed by atoms with van der Waals surface area (Å²) in [5.41, 5.74) is 1.22. The van der Waals surface area contributed by atoms with E-state index in [1.165, 1.54) is 11.3 Å². The van der Waals surface area contributed by atoms with Gasteiger partial charge < -0.3 is 0 Å². The van der Waals surface area contributed by atoms with Crippen LogP contribution >= 0.6 is 11.3 Å². The molecular formula is C12H8N2OS. The second-order valence-electron chi connectivity index (χ2n) is 3.22. The first-order valence-electron chi connectivity index (χ1n) is 4.69. The highest BCUT2D eigenvalue weighted by Gasteiger charge is 2.21. The average Bonchev–Trinajstić information content (AvgIpc) is 2.85. The molecule has 0 aliphatic heterocycles. The molecule has 1 unspecified atom stereocenters. The molecule has 0 bridgehead atoms. The summed E-state index contributed by atoms with van der Waals surface area (Å²) in [6.07, 6.45) is 3.17. The van der Waals surface area contributed by atoms with E-state index in [2.05, 4.69) is 4.98 Å². The first-order valence-corrected chi connectivity index (χ1v) is 5.63. The van der Waals surface area contributed by atoms with E-state index in [9.17, 15) is 4.79 Å². The standard InChI is InChI=1S/C12H8N2OS/c13-6-11(9-2-1-4-14-7-9)12(15)10-3-5-16-8-10/h1-5,7-8,11H. The first kappa shape index (κ1) is 10.5. The zero-order valence-electron chi connectivity index (χ0n) is 8.33. The van der Waals surface area contributed by atoms with Crippen molar-refractivity contribution in [3.05, 3.63) is 52.5 Å².